The van der Waals surface area contributed by atoms with Gasteiger partial charge in [-0.1, -0.05) is 17.8 Å². The molecule has 0 saturated heterocycles. The normalized spacial score (nSPS) is 10.3. The van der Waals surface area contributed by atoms with Crippen molar-refractivity contribution in [1.29, 1.82) is 0 Å². The first-order chi connectivity index (χ1) is 10.5. The fourth-order valence-electron chi connectivity index (χ4n) is 1.62. The fourth-order valence-corrected chi connectivity index (χ4v) is 2.26. The third-order valence-electron chi connectivity index (χ3n) is 2.76. The van der Waals surface area contributed by atoms with Gasteiger partial charge in [0.2, 0.25) is 5.91 Å². The minimum absolute atomic E-state index is 0.0702. The van der Waals surface area contributed by atoms with Crippen LogP contribution < -0.4 is 5.32 Å². The fraction of sp³-hybridized carbons (Fsp3) is 0.143. The standard InChI is InChI=1S/C14H12FN3O3S/c1-9-2-3-10(15)6-12(9)17-13(19)8-22-14-5-4-11(7-16-14)18(20)21/h2-7H,8H2,1H3,(H,17,19). The van der Waals surface area contributed by atoms with Crippen LogP contribution in [0.15, 0.2) is 41.6 Å². The summed E-state index contributed by atoms with van der Waals surface area (Å²) in [6, 6.07) is 6.95. The molecule has 8 heteroatoms. The van der Waals surface area contributed by atoms with Gasteiger partial charge in [-0.3, -0.25) is 14.9 Å². The Bertz CT molecular complexity index is 707. The molecule has 0 aliphatic rings. The molecule has 22 heavy (non-hydrogen) atoms. The second-order valence-corrected chi connectivity index (χ2v) is 5.40. The summed E-state index contributed by atoms with van der Waals surface area (Å²) in [6.45, 7) is 1.76. The summed E-state index contributed by atoms with van der Waals surface area (Å²) in [5.74, 6) is -0.662. The second kappa shape index (κ2) is 6.99. The first-order valence-corrected chi connectivity index (χ1v) is 7.23. The maximum atomic E-state index is 13.1. The van der Waals surface area contributed by atoms with Gasteiger partial charge < -0.3 is 5.32 Å². The monoisotopic (exact) mass is 321 g/mol. The number of nitrogens with one attached hydrogen (secondary N) is 1. The lowest BCUT2D eigenvalue weighted by atomic mass is 10.2. The van der Waals surface area contributed by atoms with Crippen molar-refractivity contribution in [2.75, 3.05) is 11.1 Å². The van der Waals surface area contributed by atoms with Gasteiger partial charge in [0.15, 0.2) is 0 Å². The van der Waals surface area contributed by atoms with Gasteiger partial charge in [0.05, 0.1) is 15.7 Å². The Morgan fingerprint density at radius 2 is 2.18 bits per heavy atom. The molecule has 0 unspecified atom stereocenters. The molecule has 0 radical (unpaired) electrons. The van der Waals surface area contributed by atoms with Crippen molar-refractivity contribution in [3.05, 3.63) is 58.0 Å². The van der Waals surface area contributed by atoms with Crippen LogP contribution in [-0.2, 0) is 4.79 Å². The molecule has 1 amide bonds. The van der Waals surface area contributed by atoms with Crippen molar-refractivity contribution in [2.45, 2.75) is 11.9 Å². The largest absolute Gasteiger partial charge is 0.325 e. The Morgan fingerprint density at radius 1 is 1.41 bits per heavy atom. The van der Waals surface area contributed by atoms with Gasteiger partial charge in [-0.2, -0.15) is 0 Å². The summed E-state index contributed by atoms with van der Waals surface area (Å²) in [7, 11) is 0. The maximum absolute atomic E-state index is 13.1. The highest BCUT2D eigenvalue weighted by Gasteiger charge is 2.09. The molecule has 2 aromatic rings. The number of anilines is 1. The van der Waals surface area contributed by atoms with Crippen LogP contribution in [0.4, 0.5) is 15.8 Å². The molecule has 1 aromatic carbocycles. The number of hydrogen-bond donors (Lipinski definition) is 1. The van der Waals surface area contributed by atoms with Gasteiger partial charge in [0, 0.05) is 11.8 Å². The lowest BCUT2D eigenvalue weighted by Gasteiger charge is -2.08. The minimum Gasteiger partial charge on any atom is -0.325 e. The topological polar surface area (TPSA) is 85.1 Å². The number of hydrogen-bond acceptors (Lipinski definition) is 5. The van der Waals surface area contributed by atoms with Crippen LogP contribution in [0.2, 0.25) is 0 Å². The van der Waals surface area contributed by atoms with Gasteiger partial charge in [-0.15, -0.1) is 0 Å². The number of aryl methyl sites for hydroxylation is 1. The van der Waals surface area contributed by atoms with E-state index in [4.69, 9.17) is 0 Å². The number of benzene rings is 1. The molecule has 6 nitrogen and oxygen atoms in total. The molecule has 1 heterocycles. The van der Waals surface area contributed by atoms with Gasteiger partial charge in [0.1, 0.15) is 12.0 Å². The highest BCUT2D eigenvalue weighted by atomic mass is 32.2. The van der Waals surface area contributed by atoms with E-state index in [2.05, 4.69) is 10.3 Å². The van der Waals surface area contributed by atoms with Crippen LogP contribution in [-0.4, -0.2) is 21.6 Å². The van der Waals surface area contributed by atoms with E-state index < -0.39 is 10.7 Å². The van der Waals surface area contributed by atoms with Crippen LogP contribution in [0.1, 0.15) is 5.56 Å². The third kappa shape index (κ3) is 4.26. The zero-order chi connectivity index (χ0) is 16.1. The lowest BCUT2D eigenvalue weighted by Crippen LogP contribution is -2.15. The number of carbonyl (C=O) groups is 1. The lowest BCUT2D eigenvalue weighted by molar-refractivity contribution is -0.385. The van der Waals surface area contributed by atoms with Crippen LogP contribution in [0, 0.1) is 22.9 Å². The average molecular weight is 321 g/mol. The predicted octanol–water partition coefficient (Wildman–Crippen LogP) is 3.17. The predicted molar refractivity (Wildman–Crippen MR) is 81.4 cm³/mol. The van der Waals surface area contributed by atoms with E-state index in [1.807, 2.05) is 0 Å². The quantitative estimate of drug-likeness (QED) is 0.519. The first-order valence-electron chi connectivity index (χ1n) is 6.25. The Labute approximate surface area is 129 Å². The van der Waals surface area contributed by atoms with Crippen molar-refractivity contribution in [1.82, 2.24) is 4.98 Å². The van der Waals surface area contributed by atoms with E-state index >= 15 is 0 Å². The Hall–Kier alpha value is -2.48. The van der Waals surface area contributed by atoms with E-state index in [0.717, 1.165) is 23.5 Å². The summed E-state index contributed by atoms with van der Waals surface area (Å²) in [5.41, 5.74) is 1.07. The molecule has 1 N–H and O–H groups in total. The molecule has 0 fully saturated rings. The molecule has 0 bridgehead atoms. The number of nitrogens with zero attached hydrogens (tertiary/aromatic N) is 2. The Morgan fingerprint density at radius 3 is 2.82 bits per heavy atom. The molecular weight excluding hydrogens is 309 g/mol. The summed E-state index contributed by atoms with van der Waals surface area (Å²) in [4.78, 5) is 25.7. The highest BCUT2D eigenvalue weighted by Crippen LogP contribution is 2.20. The van der Waals surface area contributed by atoms with E-state index in [-0.39, 0.29) is 17.3 Å². The highest BCUT2D eigenvalue weighted by molar-refractivity contribution is 7.99. The SMILES string of the molecule is Cc1ccc(F)cc1NC(=O)CSc1ccc([N+](=O)[O-])cn1. The van der Waals surface area contributed by atoms with Crippen molar-refractivity contribution in [3.63, 3.8) is 0 Å². The van der Waals surface area contributed by atoms with Crippen LogP contribution >= 0.6 is 11.8 Å². The van der Waals surface area contributed by atoms with Gasteiger partial charge >= 0.3 is 0 Å². The molecule has 0 aliphatic heterocycles. The summed E-state index contributed by atoms with van der Waals surface area (Å²) in [5, 5.41) is 13.6. The Balaban J connectivity index is 1.92. The molecule has 2 rings (SSSR count). The molecule has 0 aliphatic carbocycles. The number of carbonyl (C=O) groups excluding carboxylic acids is 1. The third-order valence-corrected chi connectivity index (χ3v) is 3.70. The second-order valence-electron chi connectivity index (χ2n) is 4.41. The number of nitro groups is 1. The number of amides is 1. The van der Waals surface area contributed by atoms with Crippen molar-refractivity contribution < 1.29 is 14.1 Å². The Kier molecular flexibility index (Phi) is 5.05. The smallest absolute Gasteiger partial charge is 0.287 e. The summed E-state index contributed by atoms with van der Waals surface area (Å²) < 4.78 is 13.1. The van der Waals surface area contributed by atoms with Crippen LogP contribution in [0.5, 0.6) is 0 Å². The zero-order valence-corrected chi connectivity index (χ0v) is 12.4. The average Bonchev–Trinajstić information content (AvgIpc) is 2.49. The summed E-state index contributed by atoms with van der Waals surface area (Å²) >= 11 is 1.14. The molecule has 0 atom stereocenters. The van der Waals surface area contributed by atoms with Gasteiger partial charge in [0.25, 0.3) is 5.69 Å². The van der Waals surface area contributed by atoms with Crippen molar-refractivity contribution >= 4 is 29.0 Å². The van der Waals surface area contributed by atoms with Crippen LogP contribution in [0.3, 0.4) is 0 Å². The molecule has 1 aromatic heterocycles. The zero-order valence-electron chi connectivity index (χ0n) is 11.6. The van der Waals surface area contributed by atoms with Crippen molar-refractivity contribution in [2.24, 2.45) is 0 Å². The van der Waals surface area contributed by atoms with Gasteiger partial charge in [-0.05, 0) is 30.7 Å². The maximum Gasteiger partial charge on any atom is 0.287 e. The number of pyridine rings is 1. The molecule has 114 valence electrons. The van der Waals surface area contributed by atoms with E-state index in [9.17, 15) is 19.3 Å². The first kappa shape index (κ1) is 15.9. The number of halogens is 1. The van der Waals surface area contributed by atoms with E-state index in [0.29, 0.717) is 10.7 Å². The number of thioether (sulfide) groups is 1. The van der Waals surface area contributed by atoms with E-state index in [1.165, 1.54) is 24.3 Å². The van der Waals surface area contributed by atoms with Crippen molar-refractivity contribution in [3.8, 4) is 0 Å². The van der Waals surface area contributed by atoms with Gasteiger partial charge in [-0.25, -0.2) is 9.37 Å². The molecular formula is C14H12FN3O3S. The molecule has 0 spiro atoms. The summed E-state index contributed by atoms with van der Waals surface area (Å²) in [6.07, 6.45) is 1.14. The number of rotatable bonds is 5. The molecule has 0 saturated carbocycles. The number of aromatic nitrogens is 1. The van der Waals surface area contributed by atoms with Crippen LogP contribution in [0.25, 0.3) is 0 Å². The minimum atomic E-state index is -0.541. The van der Waals surface area contributed by atoms with E-state index in [1.54, 1.807) is 13.0 Å².